The van der Waals surface area contributed by atoms with Gasteiger partial charge in [0.25, 0.3) is 0 Å². The molecule has 0 radical (unpaired) electrons. The zero-order chi connectivity index (χ0) is 21.2. The lowest BCUT2D eigenvalue weighted by molar-refractivity contribution is -0.119. The van der Waals surface area contributed by atoms with Crippen LogP contribution in [0.3, 0.4) is 0 Å². The van der Waals surface area contributed by atoms with E-state index in [2.05, 4.69) is 29.7 Å². The van der Waals surface area contributed by atoms with E-state index in [1.54, 1.807) is 0 Å². The Morgan fingerprint density at radius 2 is 1.87 bits per heavy atom. The van der Waals surface area contributed by atoms with Crippen molar-refractivity contribution in [3.05, 3.63) is 29.8 Å². The molecule has 1 saturated heterocycles. The molecule has 0 spiro atoms. The molecule has 1 saturated carbocycles. The smallest absolute Gasteiger partial charge is 0.226 e. The third-order valence-corrected chi connectivity index (χ3v) is 6.52. The molecule has 0 bridgehead atoms. The number of anilines is 1. The van der Waals surface area contributed by atoms with E-state index in [1.165, 1.54) is 32.1 Å². The summed E-state index contributed by atoms with van der Waals surface area (Å²) in [6.07, 6.45) is 9.75. The average Bonchev–Trinajstić information content (AvgIpc) is 2.77. The van der Waals surface area contributed by atoms with Gasteiger partial charge < -0.3 is 20.6 Å². The Morgan fingerprint density at radius 1 is 1.10 bits per heavy atom. The lowest BCUT2D eigenvalue weighted by atomic mass is 9.72. The summed E-state index contributed by atoms with van der Waals surface area (Å²) in [6, 6.07) is 8.21. The maximum absolute atomic E-state index is 12.1. The van der Waals surface area contributed by atoms with Crippen LogP contribution in [-0.4, -0.2) is 43.2 Å². The molecule has 30 heavy (non-hydrogen) atoms. The van der Waals surface area contributed by atoms with Crippen molar-refractivity contribution in [3.8, 4) is 0 Å². The van der Waals surface area contributed by atoms with E-state index >= 15 is 0 Å². The number of carbonyl (C=O) groups is 1. The highest BCUT2D eigenvalue weighted by Gasteiger charge is 2.31. The van der Waals surface area contributed by atoms with E-state index in [0.29, 0.717) is 13.0 Å². The largest absolute Gasteiger partial charge is 0.396 e. The summed E-state index contributed by atoms with van der Waals surface area (Å²) in [5.41, 5.74) is 2.30. The van der Waals surface area contributed by atoms with Gasteiger partial charge in [0.2, 0.25) is 5.91 Å². The van der Waals surface area contributed by atoms with E-state index in [-0.39, 0.29) is 17.9 Å². The number of nitrogens with one attached hydrogen (secondary N) is 2. The first-order valence-electron chi connectivity index (χ1n) is 11.7. The fourth-order valence-corrected chi connectivity index (χ4v) is 4.70. The van der Waals surface area contributed by atoms with Crippen LogP contribution in [0, 0.1) is 5.41 Å². The predicted molar refractivity (Wildman–Crippen MR) is 123 cm³/mol. The van der Waals surface area contributed by atoms with Gasteiger partial charge in [-0.25, -0.2) is 4.99 Å². The van der Waals surface area contributed by atoms with E-state index < -0.39 is 0 Å². The number of aliphatic hydroxyl groups excluding tert-OH is 1. The molecule has 166 valence electrons. The number of aliphatic imine (C=N–C) groups is 1. The molecule has 2 aliphatic rings. The number of guanidine groups is 1. The van der Waals surface area contributed by atoms with Gasteiger partial charge in [-0.1, -0.05) is 31.4 Å². The quantitative estimate of drug-likeness (QED) is 0.449. The molecule has 1 heterocycles. The minimum Gasteiger partial charge on any atom is -0.396 e. The van der Waals surface area contributed by atoms with E-state index in [1.807, 2.05) is 17.0 Å². The van der Waals surface area contributed by atoms with E-state index in [0.717, 1.165) is 56.1 Å². The Labute approximate surface area is 181 Å². The Hall–Kier alpha value is -2.08. The Morgan fingerprint density at radius 3 is 2.53 bits per heavy atom. The lowest BCUT2D eigenvalue weighted by Gasteiger charge is -2.37. The van der Waals surface area contributed by atoms with Crippen molar-refractivity contribution in [1.82, 2.24) is 10.6 Å². The minimum atomic E-state index is 0.186. The molecule has 6 heteroatoms. The molecule has 2 fully saturated rings. The van der Waals surface area contributed by atoms with Crippen molar-refractivity contribution in [3.63, 3.8) is 0 Å². The van der Waals surface area contributed by atoms with Crippen molar-refractivity contribution >= 4 is 17.6 Å². The first-order chi connectivity index (χ1) is 14.7. The summed E-state index contributed by atoms with van der Waals surface area (Å²) in [5, 5.41) is 16.4. The summed E-state index contributed by atoms with van der Waals surface area (Å²) >= 11 is 0. The van der Waals surface area contributed by atoms with Crippen molar-refractivity contribution in [2.45, 2.75) is 71.3 Å². The fourth-order valence-electron chi connectivity index (χ4n) is 4.70. The van der Waals surface area contributed by atoms with Gasteiger partial charge in [-0.2, -0.15) is 0 Å². The highest BCUT2D eigenvalue weighted by molar-refractivity contribution is 5.93. The molecule has 1 amide bonds. The summed E-state index contributed by atoms with van der Waals surface area (Å²) < 4.78 is 0. The second kappa shape index (κ2) is 11.3. The van der Waals surface area contributed by atoms with Crippen LogP contribution in [0.2, 0.25) is 0 Å². The maximum atomic E-state index is 12.1. The maximum Gasteiger partial charge on any atom is 0.226 e. The number of piperidine rings is 1. The van der Waals surface area contributed by atoms with Gasteiger partial charge in [0.05, 0.1) is 6.54 Å². The predicted octanol–water partition coefficient (Wildman–Crippen LogP) is 3.59. The van der Waals surface area contributed by atoms with Gasteiger partial charge in [-0.15, -0.1) is 0 Å². The molecule has 1 aromatic carbocycles. The Balaban J connectivity index is 1.59. The summed E-state index contributed by atoms with van der Waals surface area (Å²) in [7, 11) is 0. The van der Waals surface area contributed by atoms with Gasteiger partial charge >= 0.3 is 0 Å². The Kier molecular flexibility index (Phi) is 8.55. The summed E-state index contributed by atoms with van der Waals surface area (Å²) in [4.78, 5) is 18.8. The van der Waals surface area contributed by atoms with Crippen LogP contribution in [0.1, 0.15) is 70.3 Å². The number of amides is 1. The monoisotopic (exact) mass is 414 g/mol. The standard InChI is InChI=1S/C24H38N4O2/c1-2-25-23(27-19-24(15-17-29)13-5-3-6-14-24)26-18-20-9-11-21(12-10-20)28-16-7-4-8-22(28)30/h9-12,29H,2-8,13-19H2,1H3,(H2,25,26,27). The third kappa shape index (κ3) is 6.21. The van der Waals surface area contributed by atoms with Gasteiger partial charge in [-0.3, -0.25) is 4.79 Å². The van der Waals surface area contributed by atoms with Crippen LogP contribution in [0.5, 0.6) is 0 Å². The van der Waals surface area contributed by atoms with Crippen LogP contribution in [0.4, 0.5) is 5.69 Å². The SMILES string of the molecule is CCNC(=NCc1ccc(N2CCCCC2=O)cc1)NCC1(CCO)CCCCC1. The zero-order valence-electron chi connectivity index (χ0n) is 18.5. The molecule has 0 aromatic heterocycles. The molecule has 1 aliphatic heterocycles. The minimum absolute atomic E-state index is 0.186. The van der Waals surface area contributed by atoms with E-state index in [9.17, 15) is 9.90 Å². The number of rotatable bonds is 8. The number of carbonyl (C=O) groups excluding carboxylic acids is 1. The highest BCUT2D eigenvalue weighted by atomic mass is 16.3. The molecule has 0 unspecified atom stereocenters. The van der Waals surface area contributed by atoms with Crippen LogP contribution in [0.25, 0.3) is 0 Å². The number of nitrogens with zero attached hydrogens (tertiary/aromatic N) is 2. The fraction of sp³-hybridized carbons (Fsp3) is 0.667. The first kappa shape index (κ1) is 22.6. The lowest BCUT2D eigenvalue weighted by Crippen LogP contribution is -2.44. The van der Waals surface area contributed by atoms with Crippen LogP contribution in [-0.2, 0) is 11.3 Å². The molecule has 1 aromatic rings. The molecule has 6 nitrogen and oxygen atoms in total. The molecule has 0 atom stereocenters. The number of hydrogen-bond donors (Lipinski definition) is 3. The van der Waals surface area contributed by atoms with Crippen LogP contribution < -0.4 is 15.5 Å². The molecular formula is C24H38N4O2. The molecule has 3 N–H and O–H groups in total. The highest BCUT2D eigenvalue weighted by Crippen LogP contribution is 2.38. The second-order valence-corrected chi connectivity index (χ2v) is 8.75. The number of benzene rings is 1. The normalized spacial score (nSPS) is 19.6. The topological polar surface area (TPSA) is 77.0 Å². The third-order valence-electron chi connectivity index (χ3n) is 6.52. The molecule has 3 rings (SSSR count). The average molecular weight is 415 g/mol. The van der Waals surface area contributed by atoms with E-state index in [4.69, 9.17) is 4.99 Å². The van der Waals surface area contributed by atoms with Crippen LogP contribution >= 0.6 is 0 Å². The van der Waals surface area contributed by atoms with Gasteiger partial charge in [0, 0.05) is 38.3 Å². The number of hydrogen-bond acceptors (Lipinski definition) is 3. The summed E-state index contributed by atoms with van der Waals surface area (Å²) in [6.45, 7) is 5.41. The second-order valence-electron chi connectivity index (χ2n) is 8.75. The van der Waals surface area contributed by atoms with Crippen molar-refractivity contribution in [2.24, 2.45) is 10.4 Å². The van der Waals surface area contributed by atoms with Crippen molar-refractivity contribution < 1.29 is 9.90 Å². The Bertz CT molecular complexity index is 690. The molecular weight excluding hydrogens is 376 g/mol. The summed E-state index contributed by atoms with van der Waals surface area (Å²) in [5.74, 6) is 1.06. The van der Waals surface area contributed by atoms with Gasteiger partial charge in [0.1, 0.15) is 0 Å². The number of aliphatic hydroxyl groups is 1. The first-order valence-corrected chi connectivity index (χ1v) is 11.7. The zero-order valence-corrected chi connectivity index (χ0v) is 18.5. The van der Waals surface area contributed by atoms with Crippen molar-refractivity contribution in [2.75, 3.05) is 31.1 Å². The molecule has 1 aliphatic carbocycles. The van der Waals surface area contributed by atoms with Crippen LogP contribution in [0.15, 0.2) is 29.3 Å². The van der Waals surface area contributed by atoms with Crippen molar-refractivity contribution in [1.29, 1.82) is 0 Å². The van der Waals surface area contributed by atoms with Gasteiger partial charge in [0.15, 0.2) is 5.96 Å². The van der Waals surface area contributed by atoms with Gasteiger partial charge in [-0.05, 0) is 62.1 Å².